The molecule has 0 unspecified atom stereocenters. The van der Waals surface area contributed by atoms with E-state index < -0.39 is 0 Å². The van der Waals surface area contributed by atoms with Crippen molar-refractivity contribution in [1.29, 1.82) is 0 Å². The summed E-state index contributed by atoms with van der Waals surface area (Å²) in [5, 5.41) is 10.1. The van der Waals surface area contributed by atoms with Gasteiger partial charge in [-0.05, 0) is 12.1 Å². The minimum Gasteiger partial charge on any atom is -0.238 e. The molecule has 0 aromatic carbocycles. The van der Waals surface area contributed by atoms with E-state index in [-0.39, 0.29) is 0 Å². The lowest BCUT2D eigenvalue weighted by atomic mass is 10.5. The van der Waals surface area contributed by atoms with Crippen LogP contribution >= 0.6 is 0 Å². The van der Waals surface area contributed by atoms with Crippen molar-refractivity contribution in [2.45, 2.75) is 0 Å². The van der Waals surface area contributed by atoms with Crippen molar-refractivity contribution in [3.63, 3.8) is 0 Å². The van der Waals surface area contributed by atoms with Gasteiger partial charge in [-0.3, -0.25) is 0 Å². The van der Waals surface area contributed by atoms with Crippen LogP contribution in [0.1, 0.15) is 0 Å². The van der Waals surface area contributed by atoms with Gasteiger partial charge in [0.25, 0.3) is 0 Å². The number of hydrogen-bond acceptors (Lipinski definition) is 2. The van der Waals surface area contributed by atoms with E-state index in [0.29, 0.717) is 0 Å². The molecule has 0 radical (unpaired) electrons. The molecule has 0 spiro atoms. The van der Waals surface area contributed by atoms with Crippen molar-refractivity contribution in [2.24, 2.45) is 0 Å². The first-order chi connectivity index (χ1) is 5.47. The third kappa shape index (κ3) is 1.10. The van der Waals surface area contributed by atoms with Crippen LogP contribution in [-0.2, 0) is 0 Å². The van der Waals surface area contributed by atoms with Crippen LogP contribution in [-0.4, -0.2) is 15.4 Å². The lowest BCUT2D eigenvalue weighted by Crippen LogP contribution is -2.29. The minimum absolute atomic E-state index is 0.797. The molecule has 2 heterocycles. The highest BCUT2D eigenvalue weighted by atomic mass is 15.4. The molecule has 1 N–H and O–H groups in total. The van der Waals surface area contributed by atoms with Crippen LogP contribution in [0.2, 0.25) is 0 Å². The molecule has 2 aromatic rings. The quantitative estimate of drug-likeness (QED) is 0.581. The molecule has 0 aliphatic carbocycles. The molecule has 4 heteroatoms. The summed E-state index contributed by atoms with van der Waals surface area (Å²) < 4.78 is 1.88. The van der Waals surface area contributed by atoms with Gasteiger partial charge in [0.15, 0.2) is 0 Å². The third-order valence-electron chi connectivity index (χ3n) is 1.38. The molecular weight excluding hydrogens is 140 g/mol. The number of pyridine rings is 1. The SMILES string of the molecule is c1cc[n+](-c2c[nH]nn2)cc1. The molecule has 0 bridgehead atoms. The zero-order valence-corrected chi connectivity index (χ0v) is 5.81. The Morgan fingerprint density at radius 3 is 2.64 bits per heavy atom. The Labute approximate surface area is 63.5 Å². The highest BCUT2D eigenvalue weighted by molar-refractivity contribution is 4.99. The first-order valence-electron chi connectivity index (χ1n) is 3.30. The molecule has 0 atom stereocenters. The van der Waals surface area contributed by atoms with Crippen molar-refractivity contribution in [3.8, 4) is 5.82 Å². The summed E-state index contributed by atoms with van der Waals surface area (Å²) in [5.41, 5.74) is 0. The maximum atomic E-state index is 3.84. The largest absolute Gasteiger partial charge is 0.374 e. The predicted molar refractivity (Wildman–Crippen MR) is 37.9 cm³/mol. The molecule has 0 amide bonds. The smallest absolute Gasteiger partial charge is 0.238 e. The average Bonchev–Trinajstić information content (AvgIpc) is 2.58. The molecule has 0 aliphatic rings. The number of aromatic nitrogens is 4. The topological polar surface area (TPSA) is 45.5 Å². The van der Waals surface area contributed by atoms with Crippen LogP contribution < -0.4 is 4.57 Å². The monoisotopic (exact) mass is 147 g/mol. The van der Waals surface area contributed by atoms with Gasteiger partial charge in [-0.15, -0.1) is 0 Å². The summed E-state index contributed by atoms with van der Waals surface area (Å²) >= 11 is 0. The molecule has 0 saturated heterocycles. The second-order valence-corrected chi connectivity index (χ2v) is 2.11. The van der Waals surface area contributed by atoms with E-state index in [0.717, 1.165) is 5.82 Å². The van der Waals surface area contributed by atoms with E-state index in [1.807, 2.05) is 35.2 Å². The molecular formula is C7H7N4+. The Hall–Kier alpha value is -1.71. The van der Waals surface area contributed by atoms with Gasteiger partial charge in [-0.1, -0.05) is 6.07 Å². The van der Waals surface area contributed by atoms with Gasteiger partial charge in [0.05, 0.1) is 12.4 Å². The van der Waals surface area contributed by atoms with E-state index in [9.17, 15) is 0 Å². The second kappa shape index (κ2) is 2.49. The first-order valence-corrected chi connectivity index (χ1v) is 3.30. The highest BCUT2D eigenvalue weighted by Crippen LogP contribution is 1.86. The number of nitrogens with zero attached hydrogens (tertiary/aromatic N) is 3. The van der Waals surface area contributed by atoms with Gasteiger partial charge in [0.2, 0.25) is 0 Å². The Morgan fingerprint density at radius 2 is 2.00 bits per heavy atom. The van der Waals surface area contributed by atoms with E-state index in [1.54, 1.807) is 6.20 Å². The van der Waals surface area contributed by atoms with Gasteiger partial charge in [0, 0.05) is 5.21 Å². The number of hydrogen-bond donors (Lipinski definition) is 1. The minimum atomic E-state index is 0.797. The standard InChI is InChI=1S/C7H7N4/c1-2-4-11(5-3-1)7-6-8-10-9-7/h1-6H,(H,8,9,10)/q+1. The van der Waals surface area contributed by atoms with Gasteiger partial charge in [-0.2, -0.15) is 0 Å². The summed E-state index contributed by atoms with van der Waals surface area (Å²) in [6, 6.07) is 5.83. The van der Waals surface area contributed by atoms with Crippen LogP contribution in [0.25, 0.3) is 5.82 Å². The van der Waals surface area contributed by atoms with Crippen LogP contribution in [0.3, 0.4) is 0 Å². The van der Waals surface area contributed by atoms with Gasteiger partial charge in [-0.25, -0.2) is 9.67 Å². The fraction of sp³-hybridized carbons (Fsp3) is 0. The lowest BCUT2D eigenvalue weighted by molar-refractivity contribution is -0.599. The number of aromatic amines is 1. The zero-order chi connectivity index (χ0) is 7.52. The van der Waals surface area contributed by atoms with Crippen molar-refractivity contribution >= 4 is 0 Å². The summed E-state index contributed by atoms with van der Waals surface area (Å²) in [6.07, 6.45) is 5.57. The number of rotatable bonds is 1. The van der Waals surface area contributed by atoms with E-state index in [1.165, 1.54) is 0 Å². The molecule has 2 aromatic heterocycles. The maximum absolute atomic E-state index is 3.84. The van der Waals surface area contributed by atoms with E-state index in [4.69, 9.17) is 0 Å². The average molecular weight is 147 g/mol. The Kier molecular flexibility index (Phi) is 1.37. The van der Waals surface area contributed by atoms with Crippen LogP contribution in [0, 0.1) is 0 Å². The summed E-state index contributed by atoms with van der Waals surface area (Å²) in [7, 11) is 0. The van der Waals surface area contributed by atoms with Gasteiger partial charge in [0.1, 0.15) is 11.3 Å². The number of nitrogens with one attached hydrogen (secondary N) is 1. The van der Waals surface area contributed by atoms with Crippen LogP contribution in [0.5, 0.6) is 0 Å². The fourth-order valence-electron chi connectivity index (χ4n) is 0.873. The molecule has 2 rings (SSSR count). The van der Waals surface area contributed by atoms with Crippen molar-refractivity contribution in [2.75, 3.05) is 0 Å². The lowest BCUT2D eigenvalue weighted by Gasteiger charge is -1.86. The maximum Gasteiger partial charge on any atom is 0.374 e. The van der Waals surface area contributed by atoms with Crippen LogP contribution in [0.15, 0.2) is 36.8 Å². The van der Waals surface area contributed by atoms with Crippen LogP contribution in [0.4, 0.5) is 0 Å². The summed E-state index contributed by atoms with van der Waals surface area (Å²) in [6.45, 7) is 0. The Morgan fingerprint density at radius 1 is 1.18 bits per heavy atom. The zero-order valence-electron chi connectivity index (χ0n) is 5.81. The van der Waals surface area contributed by atoms with E-state index >= 15 is 0 Å². The van der Waals surface area contributed by atoms with E-state index in [2.05, 4.69) is 15.4 Å². The second-order valence-electron chi connectivity index (χ2n) is 2.11. The molecule has 11 heavy (non-hydrogen) atoms. The molecule has 4 nitrogen and oxygen atoms in total. The molecule has 0 aliphatic heterocycles. The fourth-order valence-corrected chi connectivity index (χ4v) is 0.873. The Balaban J connectivity index is 2.46. The van der Waals surface area contributed by atoms with Crippen molar-refractivity contribution in [3.05, 3.63) is 36.8 Å². The van der Waals surface area contributed by atoms with Crippen molar-refractivity contribution in [1.82, 2.24) is 15.4 Å². The Bertz CT molecular complexity index is 313. The highest BCUT2D eigenvalue weighted by Gasteiger charge is 2.05. The number of H-pyrrole nitrogens is 1. The summed E-state index contributed by atoms with van der Waals surface area (Å²) in [4.78, 5) is 0. The predicted octanol–water partition coefficient (Wildman–Crippen LogP) is 0.0814. The first kappa shape index (κ1) is 6.03. The van der Waals surface area contributed by atoms with Crippen molar-refractivity contribution < 1.29 is 4.57 Å². The molecule has 0 fully saturated rings. The van der Waals surface area contributed by atoms with Gasteiger partial charge < -0.3 is 0 Å². The molecule has 0 saturated carbocycles. The van der Waals surface area contributed by atoms with Gasteiger partial charge >= 0.3 is 5.82 Å². The normalized spacial score (nSPS) is 9.82. The summed E-state index contributed by atoms with van der Waals surface area (Å²) in [5.74, 6) is 0.797. The molecule has 54 valence electrons. The third-order valence-corrected chi connectivity index (χ3v) is 1.38.